The van der Waals surface area contributed by atoms with E-state index in [1.807, 2.05) is 54.9 Å². The molecule has 6 rings (SSSR count). The molecule has 1 saturated heterocycles. The average Bonchev–Trinajstić information content (AvgIpc) is 3.54. The number of hydrogen-bond donors (Lipinski definition) is 1. The highest BCUT2D eigenvalue weighted by Crippen LogP contribution is 2.39. The van der Waals surface area contributed by atoms with E-state index in [1.165, 1.54) is 24.0 Å². The van der Waals surface area contributed by atoms with E-state index in [2.05, 4.69) is 45.9 Å². The second kappa shape index (κ2) is 17.4. The van der Waals surface area contributed by atoms with Gasteiger partial charge in [0.2, 0.25) is 0 Å². The smallest absolute Gasteiger partial charge is 0.180 e. The van der Waals surface area contributed by atoms with Crippen molar-refractivity contribution in [3.63, 3.8) is 0 Å². The highest BCUT2D eigenvalue weighted by Gasteiger charge is 2.20. The molecule has 1 aliphatic rings. The van der Waals surface area contributed by atoms with Crippen LogP contribution in [0.2, 0.25) is 10.0 Å². The predicted octanol–water partition coefficient (Wildman–Crippen LogP) is 8.78. The first-order chi connectivity index (χ1) is 25.2. The molecule has 0 spiro atoms. The molecule has 2 N–H and O–H groups in total. The number of piperidine rings is 1. The summed E-state index contributed by atoms with van der Waals surface area (Å²) in [5, 5.41) is 12.9. The quantitative estimate of drug-likeness (QED) is 0.119. The Morgan fingerprint density at radius 1 is 0.981 bits per heavy atom. The summed E-state index contributed by atoms with van der Waals surface area (Å²) in [7, 11) is 4.16. The summed E-state index contributed by atoms with van der Waals surface area (Å²) < 4.78 is 19.0. The van der Waals surface area contributed by atoms with Gasteiger partial charge in [-0.2, -0.15) is 5.26 Å². The molecule has 9 nitrogen and oxygen atoms in total. The Hall–Kier alpha value is -4.37. The van der Waals surface area contributed by atoms with Crippen LogP contribution in [0.4, 0.5) is 5.13 Å². The van der Waals surface area contributed by atoms with Crippen LogP contribution in [0.25, 0.3) is 11.1 Å². The first kappa shape index (κ1) is 37.4. The third-order valence-electron chi connectivity index (χ3n) is 9.15. The molecular weight excluding hydrogens is 715 g/mol. The molecule has 52 heavy (non-hydrogen) atoms. The molecule has 3 heterocycles. The number of anilines is 1. The molecule has 1 aliphatic heterocycles. The van der Waals surface area contributed by atoms with Gasteiger partial charge in [-0.1, -0.05) is 53.5 Å². The van der Waals surface area contributed by atoms with E-state index in [4.69, 9.17) is 43.1 Å². The van der Waals surface area contributed by atoms with Crippen LogP contribution >= 0.6 is 34.5 Å². The molecule has 0 saturated carbocycles. The molecule has 12 heteroatoms. The first-order valence-electron chi connectivity index (χ1n) is 17.2. The van der Waals surface area contributed by atoms with Crippen LogP contribution in [-0.2, 0) is 26.3 Å². The number of nitrogen functional groups attached to an aromatic ring is 1. The van der Waals surface area contributed by atoms with Crippen molar-refractivity contribution >= 4 is 39.7 Å². The molecule has 270 valence electrons. The number of nitriles is 1. The molecule has 1 unspecified atom stereocenters. The number of likely N-dealkylation sites (tertiary alicyclic amines) is 1. The van der Waals surface area contributed by atoms with E-state index in [1.54, 1.807) is 12.3 Å². The van der Waals surface area contributed by atoms with Gasteiger partial charge in [0.05, 0.1) is 27.9 Å². The lowest BCUT2D eigenvalue weighted by Crippen LogP contribution is -2.34. The number of pyridine rings is 1. The third-order valence-corrected chi connectivity index (χ3v) is 10.6. The van der Waals surface area contributed by atoms with Crippen LogP contribution < -0.4 is 19.9 Å². The number of ether oxygens (including phenoxy) is 3. The lowest BCUT2D eigenvalue weighted by Gasteiger charge is -2.29. The number of halogens is 2. The number of rotatable bonds is 14. The number of thiazole rings is 1. The Kier molecular flexibility index (Phi) is 12.5. The highest BCUT2D eigenvalue weighted by molar-refractivity contribution is 7.13. The number of hydrogen-bond acceptors (Lipinski definition) is 10. The zero-order chi connectivity index (χ0) is 36.6. The molecule has 1 atom stereocenters. The van der Waals surface area contributed by atoms with Crippen LogP contribution in [0.15, 0.2) is 72.4 Å². The minimum atomic E-state index is 0.214. The van der Waals surface area contributed by atoms with Crippen molar-refractivity contribution in [1.29, 1.82) is 5.26 Å². The summed E-state index contributed by atoms with van der Waals surface area (Å²) in [5.41, 5.74) is 12.8. The van der Waals surface area contributed by atoms with E-state index in [0.29, 0.717) is 63.6 Å². The average molecular weight is 758 g/mol. The van der Waals surface area contributed by atoms with Gasteiger partial charge in [-0.3, -0.25) is 9.88 Å². The van der Waals surface area contributed by atoms with Gasteiger partial charge in [0.1, 0.15) is 36.5 Å². The predicted molar refractivity (Wildman–Crippen MR) is 208 cm³/mol. The summed E-state index contributed by atoms with van der Waals surface area (Å²) >= 11 is 15.3. The Balaban J connectivity index is 1.20. The molecule has 2 aromatic heterocycles. The summed E-state index contributed by atoms with van der Waals surface area (Å²) in [4.78, 5) is 13.0. The van der Waals surface area contributed by atoms with E-state index in [0.717, 1.165) is 58.6 Å². The van der Waals surface area contributed by atoms with E-state index in [-0.39, 0.29) is 13.2 Å². The Bertz CT molecular complexity index is 2050. The van der Waals surface area contributed by atoms with Crippen LogP contribution in [0.5, 0.6) is 17.2 Å². The standard InChI is InChI=1S/C40H42Cl2N6O3S/c1-26-30(8-4-9-33(26)34-10-5-11-36(39(34)42)49-22-27-7-6-12-47(2)19-27)24-51-38-15-37(50-23-29-13-28(16-43)17-45-18-29)31(14-35(38)41)20-48(3)21-32-25-52-40(44)46-32/h4-5,8-11,13-15,17-18,25,27H,6-7,12,19-24H2,1-3H3,(H2,44,46). The molecular formula is C40H42Cl2N6O3S. The summed E-state index contributed by atoms with van der Waals surface area (Å²) in [6.07, 6.45) is 5.56. The largest absolute Gasteiger partial charge is 0.492 e. The fraction of sp³-hybridized carbons (Fsp3) is 0.325. The number of benzene rings is 3. The van der Waals surface area contributed by atoms with Gasteiger partial charge >= 0.3 is 0 Å². The molecule has 0 bridgehead atoms. The van der Waals surface area contributed by atoms with Crippen molar-refractivity contribution < 1.29 is 14.2 Å². The Labute approximate surface area is 319 Å². The van der Waals surface area contributed by atoms with Gasteiger partial charge in [-0.25, -0.2) is 4.98 Å². The topological polar surface area (TPSA) is 110 Å². The molecule has 0 amide bonds. The lowest BCUT2D eigenvalue weighted by atomic mass is 9.96. The van der Waals surface area contributed by atoms with Crippen LogP contribution in [0.3, 0.4) is 0 Å². The zero-order valence-electron chi connectivity index (χ0n) is 29.6. The molecule has 0 radical (unpaired) electrons. The summed E-state index contributed by atoms with van der Waals surface area (Å²) in [6, 6.07) is 19.7. The molecule has 5 aromatic rings. The van der Waals surface area contributed by atoms with Crippen LogP contribution in [0.1, 0.15) is 46.4 Å². The van der Waals surface area contributed by atoms with E-state index >= 15 is 0 Å². The van der Waals surface area contributed by atoms with Gasteiger partial charge in [-0.05, 0) is 75.3 Å². The molecule has 0 aliphatic carbocycles. The Morgan fingerprint density at radius 3 is 2.58 bits per heavy atom. The number of aromatic nitrogens is 2. The highest BCUT2D eigenvalue weighted by atomic mass is 35.5. The van der Waals surface area contributed by atoms with Crippen molar-refractivity contribution in [2.45, 2.75) is 46.1 Å². The maximum Gasteiger partial charge on any atom is 0.180 e. The van der Waals surface area contributed by atoms with Crippen molar-refractivity contribution in [2.24, 2.45) is 5.92 Å². The Morgan fingerprint density at radius 2 is 1.79 bits per heavy atom. The molecule has 3 aromatic carbocycles. The fourth-order valence-electron chi connectivity index (χ4n) is 6.49. The van der Waals surface area contributed by atoms with Crippen LogP contribution in [-0.4, -0.2) is 53.6 Å². The normalized spacial score (nSPS) is 14.7. The summed E-state index contributed by atoms with van der Waals surface area (Å²) in [6.45, 7) is 6.52. The van der Waals surface area contributed by atoms with Crippen molar-refractivity contribution in [2.75, 3.05) is 39.5 Å². The minimum absolute atomic E-state index is 0.214. The van der Waals surface area contributed by atoms with Crippen LogP contribution in [0, 0.1) is 24.2 Å². The maximum atomic E-state index is 9.34. The van der Waals surface area contributed by atoms with Crippen molar-refractivity contribution in [1.82, 2.24) is 19.8 Å². The minimum Gasteiger partial charge on any atom is -0.492 e. The van der Waals surface area contributed by atoms with Gasteiger partial charge < -0.3 is 24.8 Å². The number of nitrogens with zero attached hydrogens (tertiary/aromatic N) is 5. The number of nitrogens with two attached hydrogens (primary N) is 1. The second-order valence-electron chi connectivity index (χ2n) is 13.3. The van der Waals surface area contributed by atoms with Crippen molar-refractivity contribution in [3.05, 3.63) is 116 Å². The summed E-state index contributed by atoms with van der Waals surface area (Å²) in [5.74, 6) is 2.29. The van der Waals surface area contributed by atoms with Gasteiger partial charge in [0.25, 0.3) is 0 Å². The lowest BCUT2D eigenvalue weighted by molar-refractivity contribution is 0.150. The van der Waals surface area contributed by atoms with E-state index in [9.17, 15) is 5.26 Å². The second-order valence-corrected chi connectivity index (χ2v) is 15.0. The fourth-order valence-corrected chi connectivity index (χ4v) is 7.56. The monoisotopic (exact) mass is 756 g/mol. The SMILES string of the molecule is Cc1c(COc2cc(OCc3cncc(C#N)c3)c(CN(C)Cc3csc(N)n3)cc2Cl)cccc1-c1cccc(OCC2CCCN(C)C2)c1Cl. The van der Waals surface area contributed by atoms with Gasteiger partial charge in [0, 0.05) is 66.1 Å². The van der Waals surface area contributed by atoms with Gasteiger partial charge in [-0.15, -0.1) is 11.3 Å². The third kappa shape index (κ3) is 9.54. The molecule has 1 fully saturated rings. The van der Waals surface area contributed by atoms with Gasteiger partial charge in [0.15, 0.2) is 5.13 Å². The van der Waals surface area contributed by atoms with Crippen molar-refractivity contribution in [3.8, 4) is 34.4 Å². The zero-order valence-corrected chi connectivity index (χ0v) is 31.9. The van der Waals surface area contributed by atoms with E-state index < -0.39 is 0 Å². The first-order valence-corrected chi connectivity index (χ1v) is 18.8. The maximum absolute atomic E-state index is 9.34.